The minimum Gasteiger partial charge on any atom is -0.360 e. The fraction of sp³-hybridized carbons (Fsp3) is 0.500. The highest BCUT2D eigenvalue weighted by molar-refractivity contribution is 8.01. The van der Waals surface area contributed by atoms with Crippen molar-refractivity contribution in [3.63, 3.8) is 0 Å². The number of nitrogens with one attached hydrogen (secondary N) is 2. The molecule has 2 heterocycles. The molecule has 0 saturated heterocycles. The third-order valence-corrected chi connectivity index (χ3v) is 5.48. The summed E-state index contributed by atoms with van der Waals surface area (Å²) in [7, 11) is 0. The van der Waals surface area contributed by atoms with Crippen molar-refractivity contribution in [3.05, 3.63) is 22.5 Å². The Kier molecular flexibility index (Phi) is 6.17. The van der Waals surface area contributed by atoms with E-state index < -0.39 is 0 Å². The molecule has 0 aliphatic carbocycles. The van der Waals surface area contributed by atoms with Crippen LogP contribution < -0.4 is 5.32 Å². The van der Waals surface area contributed by atoms with Crippen LogP contribution in [0.5, 0.6) is 0 Å². The fourth-order valence-corrected chi connectivity index (χ4v) is 4.02. The maximum Gasteiger partial charge on any atom is 0.206 e. The first kappa shape index (κ1) is 18.7. The van der Waals surface area contributed by atoms with Crippen LogP contribution in [0.1, 0.15) is 52.9 Å². The molecule has 8 heteroatoms. The van der Waals surface area contributed by atoms with Gasteiger partial charge in [0.05, 0.1) is 11.4 Å². The summed E-state index contributed by atoms with van der Waals surface area (Å²) in [5.41, 5.74) is 2.58. The molecule has 2 N–H and O–H groups in total. The first-order valence-electron chi connectivity index (χ1n) is 7.73. The number of hydrogen-bond donors (Lipinski definition) is 2. The molecule has 0 aromatic carbocycles. The molecule has 0 unspecified atom stereocenters. The first-order valence-corrected chi connectivity index (χ1v) is 9.53. The number of rotatable bonds is 8. The number of H-pyrrole nitrogens is 1. The SMILES string of the molecule is CC(=O)c1c(C)[nH]c(C(=O)CSc2nnc(NCC(C)C)s2)c1C. The van der Waals surface area contributed by atoms with E-state index in [-0.39, 0.29) is 17.3 Å². The lowest BCUT2D eigenvalue weighted by Gasteiger charge is -2.03. The third-order valence-electron chi connectivity index (χ3n) is 3.46. The summed E-state index contributed by atoms with van der Waals surface area (Å²) >= 11 is 2.80. The van der Waals surface area contributed by atoms with Gasteiger partial charge in [-0.15, -0.1) is 10.2 Å². The van der Waals surface area contributed by atoms with Crippen LogP contribution in [0, 0.1) is 19.8 Å². The number of hydrogen-bond acceptors (Lipinski definition) is 7. The van der Waals surface area contributed by atoms with E-state index in [1.807, 2.05) is 6.92 Å². The molecular formula is C16H22N4O2S2. The Bertz CT molecular complexity index is 749. The minimum absolute atomic E-state index is 0.0297. The molecule has 24 heavy (non-hydrogen) atoms. The van der Waals surface area contributed by atoms with E-state index in [2.05, 4.69) is 34.3 Å². The number of carbonyl (C=O) groups is 2. The summed E-state index contributed by atoms with van der Waals surface area (Å²) in [5, 5.41) is 12.1. The van der Waals surface area contributed by atoms with Gasteiger partial charge in [-0.05, 0) is 32.3 Å². The number of carbonyl (C=O) groups excluding carboxylic acids is 2. The molecule has 2 rings (SSSR count). The van der Waals surface area contributed by atoms with Gasteiger partial charge in [-0.3, -0.25) is 9.59 Å². The quantitative estimate of drug-likeness (QED) is 0.547. The molecule has 0 spiro atoms. The van der Waals surface area contributed by atoms with Crippen LogP contribution in [-0.4, -0.2) is 39.0 Å². The first-order chi connectivity index (χ1) is 11.3. The predicted molar refractivity (Wildman–Crippen MR) is 98.6 cm³/mol. The number of anilines is 1. The zero-order chi connectivity index (χ0) is 17.9. The molecule has 2 aromatic heterocycles. The van der Waals surface area contributed by atoms with Gasteiger partial charge in [0, 0.05) is 17.8 Å². The molecule has 130 valence electrons. The van der Waals surface area contributed by atoms with Crippen molar-refractivity contribution in [2.75, 3.05) is 17.6 Å². The van der Waals surface area contributed by atoms with Gasteiger partial charge in [0.1, 0.15) is 0 Å². The van der Waals surface area contributed by atoms with Crippen LogP contribution in [0.15, 0.2) is 4.34 Å². The summed E-state index contributed by atoms with van der Waals surface area (Å²) in [4.78, 5) is 27.1. The second-order valence-corrected chi connectivity index (χ2v) is 8.24. The molecule has 2 aromatic rings. The van der Waals surface area contributed by atoms with E-state index in [0.29, 0.717) is 17.2 Å². The van der Waals surface area contributed by atoms with Crippen LogP contribution in [0.2, 0.25) is 0 Å². The average Bonchev–Trinajstić information content (AvgIpc) is 3.07. The Labute approximate surface area is 149 Å². The molecule has 0 amide bonds. The number of thioether (sulfide) groups is 1. The van der Waals surface area contributed by atoms with Gasteiger partial charge in [-0.1, -0.05) is 36.9 Å². The number of Topliss-reactive ketones (excluding diaryl/α,β-unsaturated/α-hetero) is 2. The monoisotopic (exact) mass is 366 g/mol. The van der Waals surface area contributed by atoms with Crippen LogP contribution in [0.3, 0.4) is 0 Å². The van der Waals surface area contributed by atoms with Crippen molar-refractivity contribution in [2.24, 2.45) is 5.92 Å². The van der Waals surface area contributed by atoms with Gasteiger partial charge in [-0.2, -0.15) is 0 Å². The van der Waals surface area contributed by atoms with Crippen LogP contribution in [0.4, 0.5) is 5.13 Å². The topological polar surface area (TPSA) is 87.7 Å². The lowest BCUT2D eigenvalue weighted by molar-refractivity contribution is 0.101. The maximum atomic E-state index is 12.4. The molecule has 0 bridgehead atoms. The van der Waals surface area contributed by atoms with Crippen molar-refractivity contribution in [1.82, 2.24) is 15.2 Å². The maximum absolute atomic E-state index is 12.4. The fourth-order valence-electron chi connectivity index (χ4n) is 2.39. The summed E-state index contributed by atoms with van der Waals surface area (Å²) in [6.07, 6.45) is 0. The predicted octanol–water partition coefficient (Wildman–Crippen LogP) is 3.73. The van der Waals surface area contributed by atoms with Crippen molar-refractivity contribution in [2.45, 2.75) is 39.0 Å². The molecule has 0 aliphatic rings. The number of aromatic nitrogens is 3. The van der Waals surface area contributed by atoms with E-state index in [1.54, 1.807) is 6.92 Å². The van der Waals surface area contributed by atoms with Crippen LogP contribution in [0.25, 0.3) is 0 Å². The highest BCUT2D eigenvalue weighted by Gasteiger charge is 2.20. The van der Waals surface area contributed by atoms with Crippen LogP contribution >= 0.6 is 23.1 Å². The summed E-state index contributed by atoms with van der Waals surface area (Å²) in [5.74, 6) is 0.718. The van der Waals surface area contributed by atoms with Gasteiger partial charge >= 0.3 is 0 Å². The van der Waals surface area contributed by atoms with E-state index in [4.69, 9.17) is 0 Å². The number of ketones is 2. The lowest BCUT2D eigenvalue weighted by atomic mass is 10.1. The number of aromatic amines is 1. The van der Waals surface area contributed by atoms with E-state index in [0.717, 1.165) is 27.3 Å². The Morgan fingerprint density at radius 2 is 2.00 bits per heavy atom. The van der Waals surface area contributed by atoms with Crippen molar-refractivity contribution in [3.8, 4) is 0 Å². The van der Waals surface area contributed by atoms with Gasteiger partial charge in [-0.25, -0.2) is 0 Å². The zero-order valence-electron chi connectivity index (χ0n) is 14.5. The Morgan fingerprint density at radius 1 is 1.29 bits per heavy atom. The summed E-state index contributed by atoms with van der Waals surface area (Å²) in [6.45, 7) is 10.2. The molecule has 0 fully saturated rings. The molecule has 0 radical (unpaired) electrons. The summed E-state index contributed by atoms with van der Waals surface area (Å²) in [6, 6.07) is 0. The average molecular weight is 367 g/mol. The van der Waals surface area contributed by atoms with E-state index in [1.165, 1.54) is 30.0 Å². The number of nitrogens with zero attached hydrogens (tertiary/aromatic N) is 2. The van der Waals surface area contributed by atoms with Crippen molar-refractivity contribution in [1.29, 1.82) is 0 Å². The largest absolute Gasteiger partial charge is 0.360 e. The van der Waals surface area contributed by atoms with Gasteiger partial charge in [0.15, 0.2) is 15.9 Å². The minimum atomic E-state index is -0.0417. The molecule has 0 atom stereocenters. The van der Waals surface area contributed by atoms with E-state index >= 15 is 0 Å². The van der Waals surface area contributed by atoms with Crippen LogP contribution in [-0.2, 0) is 0 Å². The normalized spacial score (nSPS) is 11.1. The zero-order valence-corrected chi connectivity index (χ0v) is 16.2. The Hall–Kier alpha value is -1.67. The second-order valence-electron chi connectivity index (χ2n) is 6.04. The van der Waals surface area contributed by atoms with E-state index in [9.17, 15) is 9.59 Å². The molecular weight excluding hydrogens is 344 g/mol. The summed E-state index contributed by atoms with van der Waals surface area (Å²) < 4.78 is 0.752. The van der Waals surface area contributed by atoms with Gasteiger partial charge in [0.25, 0.3) is 0 Å². The Balaban J connectivity index is 1.99. The third kappa shape index (κ3) is 4.45. The van der Waals surface area contributed by atoms with Crippen molar-refractivity contribution < 1.29 is 9.59 Å². The Morgan fingerprint density at radius 3 is 2.58 bits per heavy atom. The van der Waals surface area contributed by atoms with Gasteiger partial charge in [0.2, 0.25) is 5.13 Å². The van der Waals surface area contributed by atoms with Gasteiger partial charge < -0.3 is 10.3 Å². The molecule has 0 aliphatic heterocycles. The van der Waals surface area contributed by atoms with Crippen molar-refractivity contribution >= 4 is 39.8 Å². The standard InChI is InChI=1S/C16H22N4O2S2/c1-8(2)6-17-15-19-20-16(24-15)23-7-12(22)14-9(3)13(11(5)21)10(4)18-14/h8,18H,6-7H2,1-5H3,(H,17,19). The smallest absolute Gasteiger partial charge is 0.206 e. The number of aryl methyl sites for hydroxylation is 1. The highest BCUT2D eigenvalue weighted by Crippen LogP contribution is 2.27. The second kappa shape index (κ2) is 7.94. The lowest BCUT2D eigenvalue weighted by Crippen LogP contribution is -2.07. The molecule has 0 saturated carbocycles. The highest BCUT2D eigenvalue weighted by atomic mass is 32.2. The molecule has 6 nitrogen and oxygen atoms in total.